The van der Waals surface area contributed by atoms with E-state index in [0.29, 0.717) is 42.7 Å². The lowest BCUT2D eigenvalue weighted by atomic mass is 10.2. The van der Waals surface area contributed by atoms with E-state index in [2.05, 4.69) is 22.5 Å². The molecule has 1 atom stereocenters. The molecule has 0 radical (unpaired) electrons. The maximum absolute atomic E-state index is 12.5. The molecule has 2 N–H and O–H groups in total. The third kappa shape index (κ3) is 8.76. The molecule has 0 bridgehead atoms. The van der Waals surface area contributed by atoms with Crippen LogP contribution in [0.4, 0.5) is 0 Å². The highest BCUT2D eigenvalue weighted by atomic mass is 127. The number of rotatable bonds is 10. The highest BCUT2D eigenvalue weighted by molar-refractivity contribution is 14.0. The van der Waals surface area contributed by atoms with Crippen molar-refractivity contribution in [2.24, 2.45) is 10.9 Å². The first kappa shape index (κ1) is 27.3. The Morgan fingerprint density at radius 2 is 1.71 bits per heavy atom. The SMILES string of the molecule is CN=C(NCc1ccccc1S(=O)(=O)N(C)C)NCC(C)COCc1ccccc1.I. The maximum atomic E-state index is 12.5. The summed E-state index contributed by atoms with van der Waals surface area (Å²) in [4.78, 5) is 4.52. The van der Waals surface area contributed by atoms with Gasteiger partial charge < -0.3 is 15.4 Å². The zero-order chi connectivity index (χ0) is 22.0. The minimum Gasteiger partial charge on any atom is -0.376 e. The van der Waals surface area contributed by atoms with Crippen molar-refractivity contribution in [3.63, 3.8) is 0 Å². The zero-order valence-corrected chi connectivity index (χ0v) is 21.7. The Kier molecular flexibility index (Phi) is 12.1. The van der Waals surface area contributed by atoms with Crippen molar-refractivity contribution in [1.29, 1.82) is 0 Å². The van der Waals surface area contributed by atoms with Gasteiger partial charge in [-0.2, -0.15) is 0 Å². The van der Waals surface area contributed by atoms with E-state index in [1.54, 1.807) is 25.2 Å². The van der Waals surface area contributed by atoms with Gasteiger partial charge in [0.05, 0.1) is 18.1 Å². The largest absolute Gasteiger partial charge is 0.376 e. The first-order chi connectivity index (χ1) is 14.3. The van der Waals surface area contributed by atoms with Crippen molar-refractivity contribution in [3.05, 3.63) is 65.7 Å². The number of hydrogen-bond acceptors (Lipinski definition) is 4. The normalized spacial score (nSPS) is 12.9. The van der Waals surface area contributed by atoms with Crippen LogP contribution in [-0.2, 0) is 27.9 Å². The van der Waals surface area contributed by atoms with Crippen LogP contribution in [0.3, 0.4) is 0 Å². The first-order valence-corrected chi connectivity index (χ1v) is 11.3. The van der Waals surface area contributed by atoms with Crippen molar-refractivity contribution < 1.29 is 13.2 Å². The molecule has 0 aliphatic heterocycles. The van der Waals surface area contributed by atoms with E-state index in [1.165, 1.54) is 18.4 Å². The molecule has 0 saturated carbocycles. The van der Waals surface area contributed by atoms with Crippen LogP contribution in [0.25, 0.3) is 0 Å². The van der Waals surface area contributed by atoms with Gasteiger partial charge in [-0.1, -0.05) is 55.5 Å². The Balaban J connectivity index is 0.00000480. The molecule has 2 aromatic carbocycles. The van der Waals surface area contributed by atoms with Gasteiger partial charge in [-0.25, -0.2) is 12.7 Å². The Morgan fingerprint density at radius 3 is 2.35 bits per heavy atom. The molecule has 0 amide bonds. The van der Waals surface area contributed by atoms with E-state index in [9.17, 15) is 8.42 Å². The molecule has 0 aliphatic rings. The van der Waals surface area contributed by atoms with Crippen molar-refractivity contribution in [3.8, 4) is 0 Å². The van der Waals surface area contributed by atoms with Crippen molar-refractivity contribution >= 4 is 40.0 Å². The summed E-state index contributed by atoms with van der Waals surface area (Å²) in [5, 5.41) is 6.46. The Morgan fingerprint density at radius 1 is 1.06 bits per heavy atom. The third-order valence-corrected chi connectivity index (χ3v) is 6.45. The fraction of sp³-hybridized carbons (Fsp3) is 0.409. The van der Waals surface area contributed by atoms with Crippen molar-refractivity contribution in [2.75, 3.05) is 34.3 Å². The first-order valence-electron chi connectivity index (χ1n) is 9.91. The van der Waals surface area contributed by atoms with Crippen LogP contribution < -0.4 is 10.6 Å². The molecule has 2 aromatic rings. The smallest absolute Gasteiger partial charge is 0.242 e. The molecule has 0 fully saturated rings. The summed E-state index contributed by atoms with van der Waals surface area (Å²) >= 11 is 0. The van der Waals surface area contributed by atoms with E-state index >= 15 is 0 Å². The Hall–Kier alpha value is -1.69. The van der Waals surface area contributed by atoms with Crippen molar-refractivity contribution in [1.82, 2.24) is 14.9 Å². The minimum atomic E-state index is -3.50. The van der Waals surface area contributed by atoms with E-state index in [-0.39, 0.29) is 29.9 Å². The number of nitrogens with one attached hydrogen (secondary N) is 2. The van der Waals surface area contributed by atoms with E-state index in [0.717, 1.165) is 5.56 Å². The van der Waals surface area contributed by atoms with Gasteiger partial charge in [-0.05, 0) is 23.1 Å². The predicted octanol–water partition coefficient (Wildman–Crippen LogP) is 3.07. The van der Waals surface area contributed by atoms with Crippen LogP contribution in [0.2, 0.25) is 0 Å². The number of aliphatic imine (C=N–C) groups is 1. The van der Waals surface area contributed by atoms with Crippen molar-refractivity contribution in [2.45, 2.75) is 25.0 Å². The summed E-state index contributed by atoms with van der Waals surface area (Å²) in [7, 11) is 1.24. The number of halogens is 1. The minimum absolute atomic E-state index is 0. The summed E-state index contributed by atoms with van der Waals surface area (Å²) in [5.74, 6) is 0.899. The van der Waals surface area contributed by atoms with Gasteiger partial charge in [0.1, 0.15) is 0 Å². The van der Waals surface area contributed by atoms with Crippen LogP contribution >= 0.6 is 24.0 Å². The van der Waals surface area contributed by atoms with Gasteiger partial charge in [0.25, 0.3) is 0 Å². The Labute approximate surface area is 203 Å². The molecule has 7 nitrogen and oxygen atoms in total. The lowest BCUT2D eigenvalue weighted by Crippen LogP contribution is -2.40. The molecule has 0 heterocycles. The average Bonchev–Trinajstić information content (AvgIpc) is 2.74. The van der Waals surface area contributed by atoms with Gasteiger partial charge in [-0.3, -0.25) is 4.99 Å². The molecule has 2 rings (SSSR count). The highest BCUT2D eigenvalue weighted by Gasteiger charge is 2.20. The summed E-state index contributed by atoms with van der Waals surface area (Å²) in [5.41, 5.74) is 1.84. The lowest BCUT2D eigenvalue weighted by molar-refractivity contribution is 0.0931. The standard InChI is InChI=1S/C22H32N4O3S.HI/c1-18(16-29-17-19-10-6-5-7-11-19)14-24-22(23-2)25-15-20-12-8-9-13-21(20)30(27,28)26(3)4;/h5-13,18H,14-17H2,1-4H3,(H2,23,24,25);1H. The van der Waals surface area contributed by atoms with Crippen LogP contribution in [-0.4, -0.2) is 53.0 Å². The number of benzene rings is 2. The lowest BCUT2D eigenvalue weighted by Gasteiger charge is -2.18. The van der Waals surface area contributed by atoms with Gasteiger partial charge >= 0.3 is 0 Å². The highest BCUT2D eigenvalue weighted by Crippen LogP contribution is 2.18. The van der Waals surface area contributed by atoms with Crippen LogP contribution in [0.5, 0.6) is 0 Å². The molecular formula is C22H33IN4O3S. The molecule has 0 spiro atoms. The second kappa shape index (κ2) is 13.7. The molecule has 31 heavy (non-hydrogen) atoms. The Bertz CT molecular complexity index is 921. The zero-order valence-electron chi connectivity index (χ0n) is 18.5. The maximum Gasteiger partial charge on any atom is 0.242 e. The average molecular weight is 561 g/mol. The molecule has 0 saturated heterocycles. The number of sulfonamides is 1. The number of hydrogen-bond donors (Lipinski definition) is 2. The molecule has 172 valence electrons. The number of ether oxygens (including phenoxy) is 1. The monoisotopic (exact) mass is 560 g/mol. The van der Waals surface area contributed by atoms with Crippen LogP contribution in [0.15, 0.2) is 64.5 Å². The quantitative estimate of drug-likeness (QED) is 0.265. The van der Waals surface area contributed by atoms with Crippen LogP contribution in [0.1, 0.15) is 18.1 Å². The second-order valence-corrected chi connectivity index (χ2v) is 9.43. The van der Waals surface area contributed by atoms with E-state index in [1.807, 2.05) is 36.4 Å². The molecule has 1 unspecified atom stereocenters. The molecule has 0 aromatic heterocycles. The van der Waals surface area contributed by atoms with Gasteiger partial charge in [0.15, 0.2) is 5.96 Å². The summed E-state index contributed by atoms with van der Waals surface area (Å²) in [6, 6.07) is 17.1. The third-order valence-electron chi connectivity index (χ3n) is 4.53. The fourth-order valence-electron chi connectivity index (χ4n) is 2.78. The topological polar surface area (TPSA) is 83.0 Å². The van der Waals surface area contributed by atoms with E-state index in [4.69, 9.17) is 4.74 Å². The summed E-state index contributed by atoms with van der Waals surface area (Å²) in [6.45, 7) is 4.36. The van der Waals surface area contributed by atoms with E-state index < -0.39 is 10.0 Å². The molecular weight excluding hydrogens is 527 g/mol. The van der Waals surface area contributed by atoms with Gasteiger partial charge in [0.2, 0.25) is 10.0 Å². The molecule has 0 aliphatic carbocycles. The van der Waals surface area contributed by atoms with Gasteiger partial charge in [-0.15, -0.1) is 24.0 Å². The summed E-state index contributed by atoms with van der Waals surface area (Å²) < 4.78 is 32.0. The summed E-state index contributed by atoms with van der Waals surface area (Å²) in [6.07, 6.45) is 0. The van der Waals surface area contributed by atoms with Crippen LogP contribution in [0, 0.1) is 5.92 Å². The second-order valence-electron chi connectivity index (χ2n) is 7.31. The molecule has 9 heteroatoms. The number of guanidine groups is 1. The van der Waals surface area contributed by atoms with Gasteiger partial charge in [0, 0.05) is 34.2 Å². The number of nitrogens with zero attached hydrogens (tertiary/aromatic N) is 2. The predicted molar refractivity (Wildman–Crippen MR) is 136 cm³/mol. The fourth-order valence-corrected chi connectivity index (χ4v) is 3.90.